The Balaban J connectivity index is 3.35. The second-order valence-corrected chi connectivity index (χ2v) is 3.44. The van der Waals surface area contributed by atoms with Gasteiger partial charge in [-0.05, 0) is 19.4 Å². The van der Waals surface area contributed by atoms with Gasteiger partial charge < -0.3 is 13.9 Å². The second kappa shape index (κ2) is 5.34. The zero-order valence-electron chi connectivity index (χ0n) is 10.2. The van der Waals surface area contributed by atoms with Crippen molar-refractivity contribution in [1.82, 2.24) is 0 Å². The highest BCUT2D eigenvalue weighted by atomic mass is 16.5. The van der Waals surface area contributed by atoms with Gasteiger partial charge in [0, 0.05) is 12.1 Å². The van der Waals surface area contributed by atoms with Crippen LogP contribution in [0.3, 0.4) is 0 Å². The first kappa shape index (κ1) is 13.0. The molecule has 0 bridgehead atoms. The van der Waals surface area contributed by atoms with E-state index in [0.717, 1.165) is 0 Å². The molecule has 0 amide bonds. The molecule has 0 aliphatic heterocycles. The average molecular weight is 238 g/mol. The highest BCUT2D eigenvalue weighted by Gasteiger charge is 2.14. The standard InChI is InChI=1S/C12H14O5/c1-7(5-10(13)16-4)11-9(15-3)6-8(2)17-12(11)14/h5-6H,1-4H3/b7-5-. The highest BCUT2D eigenvalue weighted by molar-refractivity contribution is 5.91. The van der Waals surface area contributed by atoms with Crippen molar-refractivity contribution in [2.75, 3.05) is 14.2 Å². The van der Waals surface area contributed by atoms with Crippen LogP contribution in [0.4, 0.5) is 0 Å². The third-order valence-electron chi connectivity index (χ3n) is 2.19. The van der Waals surface area contributed by atoms with E-state index in [2.05, 4.69) is 4.74 Å². The van der Waals surface area contributed by atoms with Crippen LogP contribution < -0.4 is 10.4 Å². The molecule has 1 aromatic rings. The fraction of sp³-hybridized carbons (Fsp3) is 0.333. The maximum atomic E-state index is 11.7. The van der Waals surface area contributed by atoms with Crippen LogP contribution in [0.5, 0.6) is 5.75 Å². The lowest BCUT2D eigenvalue weighted by molar-refractivity contribution is -0.134. The molecule has 0 fully saturated rings. The zero-order chi connectivity index (χ0) is 13.0. The van der Waals surface area contributed by atoms with Gasteiger partial charge in [-0.2, -0.15) is 0 Å². The number of carbonyl (C=O) groups excluding carboxylic acids is 1. The van der Waals surface area contributed by atoms with Crippen molar-refractivity contribution in [3.63, 3.8) is 0 Å². The van der Waals surface area contributed by atoms with Crippen LogP contribution in [-0.2, 0) is 9.53 Å². The van der Waals surface area contributed by atoms with Gasteiger partial charge in [0.25, 0.3) is 0 Å². The van der Waals surface area contributed by atoms with Crippen molar-refractivity contribution in [2.24, 2.45) is 0 Å². The van der Waals surface area contributed by atoms with Gasteiger partial charge >= 0.3 is 11.6 Å². The largest absolute Gasteiger partial charge is 0.496 e. The molecule has 0 N–H and O–H groups in total. The number of aryl methyl sites for hydroxylation is 1. The summed E-state index contributed by atoms with van der Waals surface area (Å²) in [6, 6.07) is 1.59. The van der Waals surface area contributed by atoms with Gasteiger partial charge in [-0.25, -0.2) is 9.59 Å². The maximum absolute atomic E-state index is 11.7. The normalized spacial score (nSPS) is 11.2. The number of allylic oxidation sites excluding steroid dienone is 1. The van der Waals surface area contributed by atoms with Crippen molar-refractivity contribution < 1.29 is 18.7 Å². The molecule has 0 saturated heterocycles. The lowest BCUT2D eigenvalue weighted by Gasteiger charge is -2.07. The SMILES string of the molecule is COC(=O)/C=C(/C)c1c(OC)cc(C)oc1=O. The first-order valence-electron chi connectivity index (χ1n) is 4.95. The Morgan fingerprint density at radius 2 is 2.06 bits per heavy atom. The Morgan fingerprint density at radius 1 is 1.41 bits per heavy atom. The predicted octanol–water partition coefficient (Wildman–Crippen LogP) is 1.53. The fourth-order valence-corrected chi connectivity index (χ4v) is 1.41. The van der Waals surface area contributed by atoms with E-state index in [1.165, 1.54) is 20.3 Å². The summed E-state index contributed by atoms with van der Waals surface area (Å²) in [6.07, 6.45) is 1.21. The summed E-state index contributed by atoms with van der Waals surface area (Å²) < 4.78 is 14.5. The van der Waals surface area contributed by atoms with Crippen LogP contribution in [0.25, 0.3) is 5.57 Å². The van der Waals surface area contributed by atoms with Crippen molar-refractivity contribution in [3.8, 4) is 5.75 Å². The number of esters is 1. The first-order valence-corrected chi connectivity index (χ1v) is 4.95. The lowest BCUT2D eigenvalue weighted by Crippen LogP contribution is -2.10. The number of methoxy groups -OCH3 is 2. The third kappa shape index (κ3) is 2.96. The van der Waals surface area contributed by atoms with E-state index in [0.29, 0.717) is 17.1 Å². The molecule has 1 rings (SSSR count). The molecule has 5 nitrogen and oxygen atoms in total. The van der Waals surface area contributed by atoms with Gasteiger partial charge in [0.15, 0.2) is 0 Å². The zero-order valence-corrected chi connectivity index (χ0v) is 10.2. The van der Waals surface area contributed by atoms with E-state index in [9.17, 15) is 9.59 Å². The lowest BCUT2D eigenvalue weighted by atomic mass is 10.1. The predicted molar refractivity (Wildman–Crippen MR) is 61.9 cm³/mol. The quantitative estimate of drug-likeness (QED) is 0.590. The Labute approximate surface area is 98.7 Å². The molecular weight excluding hydrogens is 224 g/mol. The highest BCUT2D eigenvalue weighted by Crippen LogP contribution is 2.23. The van der Waals surface area contributed by atoms with Gasteiger partial charge in [-0.3, -0.25) is 0 Å². The minimum atomic E-state index is -0.542. The second-order valence-electron chi connectivity index (χ2n) is 3.44. The van der Waals surface area contributed by atoms with Gasteiger partial charge in [-0.1, -0.05) is 0 Å². The summed E-state index contributed by atoms with van der Waals surface area (Å²) in [6.45, 7) is 3.26. The topological polar surface area (TPSA) is 65.7 Å². The van der Waals surface area contributed by atoms with Gasteiger partial charge in [-0.15, -0.1) is 0 Å². The summed E-state index contributed by atoms with van der Waals surface area (Å²) in [5.41, 5.74) is 0.116. The molecule has 0 aliphatic carbocycles. The van der Waals surface area contributed by atoms with Gasteiger partial charge in [0.2, 0.25) is 0 Å². The van der Waals surface area contributed by atoms with E-state index in [-0.39, 0.29) is 5.56 Å². The minimum absolute atomic E-state index is 0.225. The Bertz CT molecular complexity index is 510. The monoisotopic (exact) mass is 238 g/mol. The Hall–Kier alpha value is -2.04. The van der Waals surface area contributed by atoms with E-state index >= 15 is 0 Å². The van der Waals surface area contributed by atoms with Crippen LogP contribution in [-0.4, -0.2) is 20.2 Å². The summed E-state index contributed by atoms with van der Waals surface area (Å²) >= 11 is 0. The average Bonchev–Trinajstić information content (AvgIpc) is 2.27. The minimum Gasteiger partial charge on any atom is -0.496 e. The molecule has 1 heterocycles. The molecule has 17 heavy (non-hydrogen) atoms. The van der Waals surface area contributed by atoms with E-state index in [1.54, 1.807) is 19.9 Å². The van der Waals surface area contributed by atoms with E-state index < -0.39 is 11.6 Å². The summed E-state index contributed by atoms with van der Waals surface area (Å²) in [7, 11) is 2.71. The van der Waals surface area contributed by atoms with Crippen molar-refractivity contribution >= 4 is 11.5 Å². The number of ether oxygens (including phenoxy) is 2. The summed E-state index contributed by atoms with van der Waals surface area (Å²) in [5.74, 6) is 0.280. The fourth-order valence-electron chi connectivity index (χ4n) is 1.41. The number of hydrogen-bond acceptors (Lipinski definition) is 5. The molecule has 92 valence electrons. The smallest absolute Gasteiger partial charge is 0.347 e. The molecule has 0 saturated carbocycles. The molecule has 0 aliphatic rings. The summed E-state index contributed by atoms with van der Waals surface area (Å²) in [5, 5.41) is 0. The number of rotatable bonds is 3. The molecule has 0 radical (unpaired) electrons. The molecule has 0 aromatic carbocycles. The van der Waals surface area contributed by atoms with Crippen molar-refractivity contribution in [2.45, 2.75) is 13.8 Å². The van der Waals surface area contributed by atoms with Crippen LogP contribution in [0.1, 0.15) is 18.2 Å². The number of carbonyl (C=O) groups is 1. The van der Waals surface area contributed by atoms with Crippen LogP contribution >= 0.6 is 0 Å². The van der Waals surface area contributed by atoms with E-state index in [1.807, 2.05) is 0 Å². The third-order valence-corrected chi connectivity index (χ3v) is 2.19. The van der Waals surface area contributed by atoms with Crippen LogP contribution in [0.15, 0.2) is 21.4 Å². The van der Waals surface area contributed by atoms with Gasteiger partial charge in [0.05, 0.1) is 14.2 Å². The van der Waals surface area contributed by atoms with Gasteiger partial charge in [0.1, 0.15) is 17.1 Å². The Kier molecular flexibility index (Phi) is 4.09. The van der Waals surface area contributed by atoms with Crippen molar-refractivity contribution in [3.05, 3.63) is 33.9 Å². The van der Waals surface area contributed by atoms with Crippen molar-refractivity contribution in [1.29, 1.82) is 0 Å². The molecule has 0 atom stereocenters. The van der Waals surface area contributed by atoms with Crippen LogP contribution in [0, 0.1) is 6.92 Å². The molecular formula is C12H14O5. The number of hydrogen-bond donors (Lipinski definition) is 0. The first-order chi connectivity index (χ1) is 7.99. The molecule has 1 aromatic heterocycles. The Morgan fingerprint density at radius 3 is 2.59 bits per heavy atom. The molecule has 5 heteroatoms. The molecule has 0 unspecified atom stereocenters. The van der Waals surface area contributed by atoms with Crippen LogP contribution in [0.2, 0.25) is 0 Å². The maximum Gasteiger partial charge on any atom is 0.347 e. The summed E-state index contributed by atoms with van der Waals surface area (Å²) in [4.78, 5) is 22.8. The molecule has 0 spiro atoms. The van der Waals surface area contributed by atoms with E-state index in [4.69, 9.17) is 9.15 Å².